The zero-order chi connectivity index (χ0) is 11.7. The maximum Gasteiger partial charge on any atom is 0.143 e. The van der Waals surface area contributed by atoms with Crippen molar-refractivity contribution >= 4 is 5.69 Å². The van der Waals surface area contributed by atoms with E-state index in [2.05, 4.69) is 26.9 Å². The van der Waals surface area contributed by atoms with Crippen molar-refractivity contribution in [1.82, 2.24) is 20.2 Å². The molecule has 0 bridgehead atoms. The SMILES string of the molecule is Cc1cc(NC2COC2)ccc1-n1cnnn1. The van der Waals surface area contributed by atoms with Crippen LogP contribution in [0, 0.1) is 6.92 Å². The second-order valence-corrected chi connectivity index (χ2v) is 4.13. The maximum atomic E-state index is 5.13. The van der Waals surface area contributed by atoms with Gasteiger partial charge in [-0.1, -0.05) is 0 Å². The van der Waals surface area contributed by atoms with E-state index in [9.17, 15) is 0 Å². The van der Waals surface area contributed by atoms with Crippen molar-refractivity contribution in [1.29, 1.82) is 0 Å². The van der Waals surface area contributed by atoms with Crippen molar-refractivity contribution in [3.05, 3.63) is 30.1 Å². The molecule has 6 heteroatoms. The van der Waals surface area contributed by atoms with Gasteiger partial charge >= 0.3 is 0 Å². The number of hydrogen-bond acceptors (Lipinski definition) is 5. The fourth-order valence-corrected chi connectivity index (χ4v) is 1.83. The highest BCUT2D eigenvalue weighted by Gasteiger charge is 2.17. The van der Waals surface area contributed by atoms with Gasteiger partial charge in [-0.2, -0.15) is 0 Å². The third kappa shape index (κ3) is 1.99. The number of anilines is 1. The minimum Gasteiger partial charge on any atom is -0.378 e. The van der Waals surface area contributed by atoms with Crippen LogP contribution in [0.1, 0.15) is 5.56 Å². The molecule has 3 rings (SSSR count). The summed E-state index contributed by atoms with van der Waals surface area (Å²) in [5, 5.41) is 14.6. The fraction of sp³-hybridized carbons (Fsp3) is 0.364. The van der Waals surface area contributed by atoms with Crippen LogP contribution < -0.4 is 5.32 Å². The molecule has 1 aromatic carbocycles. The van der Waals surface area contributed by atoms with Crippen LogP contribution in [0.3, 0.4) is 0 Å². The molecule has 0 amide bonds. The van der Waals surface area contributed by atoms with Crippen molar-refractivity contribution < 1.29 is 4.74 Å². The van der Waals surface area contributed by atoms with Gasteiger partial charge in [0.25, 0.3) is 0 Å². The Morgan fingerprint density at radius 1 is 1.41 bits per heavy atom. The van der Waals surface area contributed by atoms with Crippen LogP contribution in [-0.2, 0) is 4.74 Å². The Kier molecular flexibility index (Phi) is 2.49. The van der Waals surface area contributed by atoms with Crippen LogP contribution in [0.5, 0.6) is 0 Å². The van der Waals surface area contributed by atoms with Crippen molar-refractivity contribution in [3.8, 4) is 5.69 Å². The van der Waals surface area contributed by atoms with Crippen LogP contribution in [-0.4, -0.2) is 39.5 Å². The fourth-order valence-electron chi connectivity index (χ4n) is 1.83. The first-order valence-corrected chi connectivity index (χ1v) is 5.51. The number of benzene rings is 1. The van der Waals surface area contributed by atoms with E-state index >= 15 is 0 Å². The monoisotopic (exact) mass is 231 g/mol. The molecule has 1 aliphatic heterocycles. The van der Waals surface area contributed by atoms with E-state index in [-0.39, 0.29) is 0 Å². The third-order valence-corrected chi connectivity index (χ3v) is 2.80. The zero-order valence-electron chi connectivity index (χ0n) is 9.50. The van der Waals surface area contributed by atoms with Crippen molar-refractivity contribution in [2.24, 2.45) is 0 Å². The lowest BCUT2D eigenvalue weighted by molar-refractivity contribution is 0.0211. The quantitative estimate of drug-likeness (QED) is 0.845. The number of tetrazole rings is 1. The second kappa shape index (κ2) is 4.14. The molecule has 0 atom stereocenters. The lowest BCUT2D eigenvalue weighted by atomic mass is 10.1. The number of nitrogens with one attached hydrogen (secondary N) is 1. The first-order chi connectivity index (χ1) is 8.33. The van der Waals surface area contributed by atoms with Gasteiger partial charge in [0.05, 0.1) is 24.9 Å². The largest absolute Gasteiger partial charge is 0.378 e. The van der Waals surface area contributed by atoms with Gasteiger partial charge in [-0.25, -0.2) is 4.68 Å². The number of hydrogen-bond donors (Lipinski definition) is 1. The number of aromatic nitrogens is 4. The molecule has 2 heterocycles. The number of aryl methyl sites for hydroxylation is 1. The Balaban J connectivity index is 1.83. The minimum atomic E-state index is 0.438. The van der Waals surface area contributed by atoms with Crippen LogP contribution in [0.2, 0.25) is 0 Å². The van der Waals surface area contributed by atoms with E-state index in [4.69, 9.17) is 4.74 Å². The molecule has 17 heavy (non-hydrogen) atoms. The van der Waals surface area contributed by atoms with E-state index in [1.165, 1.54) is 0 Å². The van der Waals surface area contributed by atoms with Gasteiger partial charge in [0, 0.05) is 5.69 Å². The van der Waals surface area contributed by atoms with Gasteiger partial charge in [-0.05, 0) is 41.1 Å². The molecule has 2 aromatic rings. The number of ether oxygens (including phenoxy) is 1. The predicted molar refractivity (Wildman–Crippen MR) is 62.1 cm³/mol. The van der Waals surface area contributed by atoms with E-state index in [1.807, 2.05) is 19.1 Å². The van der Waals surface area contributed by atoms with Gasteiger partial charge in [-0.3, -0.25) is 0 Å². The molecule has 0 saturated carbocycles. The molecule has 0 aliphatic carbocycles. The lowest BCUT2D eigenvalue weighted by Gasteiger charge is -2.28. The molecule has 1 aromatic heterocycles. The highest BCUT2D eigenvalue weighted by atomic mass is 16.5. The summed E-state index contributed by atoms with van der Waals surface area (Å²) >= 11 is 0. The highest BCUT2D eigenvalue weighted by Crippen LogP contribution is 2.19. The molecular weight excluding hydrogens is 218 g/mol. The number of nitrogens with zero attached hydrogens (tertiary/aromatic N) is 4. The van der Waals surface area contributed by atoms with Gasteiger partial charge in [-0.15, -0.1) is 5.10 Å². The van der Waals surface area contributed by atoms with Gasteiger partial charge in [0.15, 0.2) is 0 Å². The Labute approximate surface area is 98.6 Å². The Morgan fingerprint density at radius 2 is 2.29 bits per heavy atom. The molecule has 0 unspecified atom stereocenters. The average Bonchev–Trinajstić information content (AvgIpc) is 2.77. The Hall–Kier alpha value is -1.95. The van der Waals surface area contributed by atoms with Crippen LogP contribution in [0.4, 0.5) is 5.69 Å². The second-order valence-electron chi connectivity index (χ2n) is 4.13. The van der Waals surface area contributed by atoms with Crippen LogP contribution >= 0.6 is 0 Å². The summed E-state index contributed by atoms with van der Waals surface area (Å²) < 4.78 is 6.79. The molecule has 1 aliphatic rings. The predicted octanol–water partition coefficient (Wildman–Crippen LogP) is 0.781. The summed E-state index contributed by atoms with van der Waals surface area (Å²) in [4.78, 5) is 0. The normalized spacial score (nSPS) is 15.6. The lowest BCUT2D eigenvalue weighted by Crippen LogP contribution is -2.40. The molecule has 1 N–H and O–H groups in total. The maximum absolute atomic E-state index is 5.13. The highest BCUT2D eigenvalue weighted by molar-refractivity contribution is 5.53. The molecule has 1 fully saturated rings. The summed E-state index contributed by atoms with van der Waals surface area (Å²) in [6, 6.07) is 6.57. The third-order valence-electron chi connectivity index (χ3n) is 2.80. The van der Waals surface area contributed by atoms with E-state index in [0.29, 0.717) is 6.04 Å². The van der Waals surface area contributed by atoms with E-state index < -0.39 is 0 Å². The minimum absolute atomic E-state index is 0.438. The number of rotatable bonds is 3. The summed E-state index contributed by atoms with van der Waals surface area (Å²) in [5.74, 6) is 0. The first kappa shape index (κ1) is 10.2. The first-order valence-electron chi connectivity index (χ1n) is 5.51. The average molecular weight is 231 g/mol. The van der Waals surface area contributed by atoms with Crippen molar-refractivity contribution in [2.45, 2.75) is 13.0 Å². The van der Waals surface area contributed by atoms with Gasteiger partial charge in [0.1, 0.15) is 6.33 Å². The molecule has 88 valence electrons. The van der Waals surface area contributed by atoms with Gasteiger partial charge < -0.3 is 10.1 Å². The topological polar surface area (TPSA) is 64.9 Å². The summed E-state index contributed by atoms with van der Waals surface area (Å²) in [7, 11) is 0. The molecule has 0 radical (unpaired) electrons. The standard InChI is InChI=1S/C11H13N5O/c1-8-4-9(13-10-5-17-6-10)2-3-11(8)16-7-12-14-15-16/h2-4,7,10,13H,5-6H2,1H3. The molecule has 6 nitrogen and oxygen atoms in total. The molecule has 1 saturated heterocycles. The molecule has 0 spiro atoms. The summed E-state index contributed by atoms with van der Waals surface area (Å²) in [6.45, 7) is 3.61. The summed E-state index contributed by atoms with van der Waals surface area (Å²) in [5.41, 5.74) is 3.22. The van der Waals surface area contributed by atoms with Gasteiger partial charge in [0.2, 0.25) is 0 Å². The van der Waals surface area contributed by atoms with E-state index in [0.717, 1.165) is 30.2 Å². The van der Waals surface area contributed by atoms with Crippen LogP contribution in [0.25, 0.3) is 5.69 Å². The zero-order valence-corrected chi connectivity index (χ0v) is 9.50. The van der Waals surface area contributed by atoms with Crippen molar-refractivity contribution in [3.63, 3.8) is 0 Å². The molecular formula is C11H13N5O. The van der Waals surface area contributed by atoms with Crippen molar-refractivity contribution in [2.75, 3.05) is 18.5 Å². The smallest absolute Gasteiger partial charge is 0.143 e. The summed E-state index contributed by atoms with van der Waals surface area (Å²) in [6.07, 6.45) is 1.59. The van der Waals surface area contributed by atoms with Crippen LogP contribution in [0.15, 0.2) is 24.5 Å². The Bertz CT molecular complexity index is 507. The van der Waals surface area contributed by atoms with E-state index in [1.54, 1.807) is 11.0 Å². The Morgan fingerprint density at radius 3 is 2.88 bits per heavy atom.